The van der Waals surface area contributed by atoms with Crippen LogP contribution in [0.2, 0.25) is 0 Å². The van der Waals surface area contributed by atoms with E-state index in [4.69, 9.17) is 18.1 Å². The molecule has 0 aliphatic rings. The van der Waals surface area contributed by atoms with Crippen LogP contribution in [0, 0.1) is 0 Å². The second kappa shape index (κ2) is 9.09. The lowest BCUT2D eigenvalue weighted by atomic mass is 10.2. The molecule has 6 nitrogen and oxygen atoms in total. The highest BCUT2D eigenvalue weighted by Gasteiger charge is 2.49. The van der Waals surface area contributed by atoms with Crippen molar-refractivity contribution >= 4 is 78.9 Å². The molecule has 24 heavy (non-hydrogen) atoms. The molecule has 0 bridgehead atoms. The first-order valence-corrected chi connectivity index (χ1v) is 12.7. The summed E-state index contributed by atoms with van der Waals surface area (Å²) in [5, 5.41) is 0. The Morgan fingerprint density at radius 1 is 1.00 bits per heavy atom. The third-order valence-corrected chi connectivity index (χ3v) is 13.3. The number of rotatable bonds is 8. The van der Waals surface area contributed by atoms with Crippen molar-refractivity contribution in [1.29, 1.82) is 0 Å². The van der Waals surface area contributed by atoms with Gasteiger partial charge in [-0.15, -0.1) is 0 Å². The summed E-state index contributed by atoms with van der Waals surface area (Å²) in [6.45, 7) is 0. The molecule has 1 atom stereocenters. The topological polar surface area (TPSA) is 71.1 Å². The maximum Gasteiger partial charge on any atom is 0.361 e. The molecule has 0 spiro atoms. The van der Waals surface area contributed by atoms with Gasteiger partial charge in [-0.3, -0.25) is 9.13 Å². The lowest BCUT2D eigenvalue weighted by Crippen LogP contribution is -2.14. The van der Waals surface area contributed by atoms with Gasteiger partial charge in [-0.2, -0.15) is 0 Å². The molecule has 138 valence electrons. The quantitative estimate of drug-likeness (QED) is 0.233. The third-order valence-electron chi connectivity index (χ3n) is 3.22. The van der Waals surface area contributed by atoms with Gasteiger partial charge in [0, 0.05) is 38.5 Å². The Kier molecular flexibility index (Phi) is 8.89. The summed E-state index contributed by atoms with van der Waals surface area (Å²) < 4.78 is 44.2. The zero-order chi connectivity index (χ0) is 18.8. The minimum Gasteiger partial charge on any atom is -0.311 e. The lowest BCUT2D eigenvalue weighted by molar-refractivity contribution is 0.272. The van der Waals surface area contributed by atoms with E-state index < -0.39 is 22.7 Å². The van der Waals surface area contributed by atoms with Gasteiger partial charge in [-0.05, 0) is 5.56 Å². The highest BCUT2D eigenvalue weighted by Crippen LogP contribution is 2.72. The van der Waals surface area contributed by atoms with Crippen molar-refractivity contribution in [2.45, 2.75) is 7.54 Å². The Hall–Kier alpha value is 1.44. The average molecular weight is 638 g/mol. The largest absolute Gasteiger partial charge is 0.361 e. The van der Waals surface area contributed by atoms with E-state index in [-0.39, 0.29) is 0 Å². The van der Waals surface area contributed by atoms with Gasteiger partial charge in [0.15, 0.2) is 0 Å². The van der Waals surface area contributed by atoms with Crippen LogP contribution in [0.4, 0.5) is 0 Å². The Balaban J connectivity index is 3.53. The Bertz CT molecular complexity index is 668. The smallest absolute Gasteiger partial charge is 0.311 e. The second-order valence-electron chi connectivity index (χ2n) is 4.35. The summed E-state index contributed by atoms with van der Waals surface area (Å²) in [7, 11) is -1.82. The first-order chi connectivity index (χ1) is 11.0. The fraction of sp³-hybridized carbons (Fsp3) is 0.500. The number of hydrogen-bond acceptors (Lipinski definition) is 6. The summed E-state index contributed by atoms with van der Waals surface area (Å²) in [4.78, 5) is 0. The van der Waals surface area contributed by atoms with Crippen LogP contribution in [0.5, 0.6) is 0 Å². The van der Waals surface area contributed by atoms with Gasteiger partial charge < -0.3 is 18.1 Å². The minimum atomic E-state index is -3.58. The summed E-state index contributed by atoms with van der Waals surface area (Å²) in [5.41, 5.74) is 1.11. The van der Waals surface area contributed by atoms with Crippen LogP contribution in [0.1, 0.15) is 15.7 Å². The average Bonchev–Trinajstić information content (AvgIpc) is 2.59. The molecule has 0 heterocycles. The molecule has 1 unspecified atom stereocenters. The highest BCUT2D eigenvalue weighted by molar-refractivity contribution is 9.26. The van der Waals surface area contributed by atoms with Gasteiger partial charge in [0.05, 0.1) is 0 Å². The molecule has 1 aromatic carbocycles. The molecule has 1 aromatic rings. The van der Waals surface area contributed by atoms with Gasteiger partial charge in [0.1, 0.15) is 4.57 Å². The van der Waals surface area contributed by atoms with E-state index in [1.165, 1.54) is 28.4 Å². The number of alkyl halides is 3. The maximum absolute atomic E-state index is 12.8. The van der Waals surface area contributed by atoms with Gasteiger partial charge in [-0.25, -0.2) is 0 Å². The molecule has 0 aliphatic heterocycles. The summed E-state index contributed by atoms with van der Waals surface area (Å²) in [6, 6.07) is 5.16. The molecular formula is C12H16Br4O6P2. The van der Waals surface area contributed by atoms with E-state index in [1.807, 2.05) is 0 Å². The first kappa shape index (κ1) is 23.5. The first-order valence-electron chi connectivity index (χ1n) is 6.28. The molecule has 1 rings (SSSR count). The van der Waals surface area contributed by atoms with Crippen LogP contribution in [0.25, 0.3) is 0 Å². The van der Waals surface area contributed by atoms with Crippen LogP contribution in [0.15, 0.2) is 22.7 Å². The van der Waals surface area contributed by atoms with E-state index in [2.05, 4.69) is 63.7 Å². The van der Waals surface area contributed by atoms with Crippen molar-refractivity contribution in [2.75, 3.05) is 28.4 Å². The second-order valence-corrected chi connectivity index (χ2v) is 16.2. The van der Waals surface area contributed by atoms with Gasteiger partial charge >= 0.3 is 15.2 Å². The van der Waals surface area contributed by atoms with E-state index in [0.717, 1.165) is 0 Å². The van der Waals surface area contributed by atoms with Crippen molar-refractivity contribution in [3.8, 4) is 0 Å². The Labute approximate surface area is 174 Å². The third kappa shape index (κ3) is 4.29. The molecule has 12 heteroatoms. The molecule has 0 radical (unpaired) electrons. The fourth-order valence-corrected chi connectivity index (χ4v) is 9.75. The Morgan fingerprint density at radius 3 is 1.92 bits per heavy atom. The lowest BCUT2D eigenvalue weighted by Gasteiger charge is -2.30. The van der Waals surface area contributed by atoms with E-state index in [0.29, 0.717) is 15.6 Å². The summed E-state index contributed by atoms with van der Waals surface area (Å²) in [5.74, 6) is 0. The standard InChI is InChI=1S/C12H16Br4O6P2/c1-19-23(17,20-2)11(14)8-6-5-7-9(10(8)13)12(15,16)24(18,21-3)22-4/h5-7,11H,1-4H3. The van der Waals surface area contributed by atoms with Crippen LogP contribution >= 0.6 is 78.9 Å². The normalized spacial score (nSPS) is 14.7. The van der Waals surface area contributed by atoms with E-state index in [1.54, 1.807) is 18.2 Å². The van der Waals surface area contributed by atoms with Crippen molar-refractivity contribution in [3.05, 3.63) is 33.8 Å². The number of halogens is 4. The number of benzene rings is 1. The van der Waals surface area contributed by atoms with Crippen molar-refractivity contribution in [3.63, 3.8) is 0 Å². The monoisotopic (exact) mass is 634 g/mol. The maximum atomic E-state index is 12.8. The predicted octanol–water partition coefficient (Wildman–Crippen LogP) is 6.71. The summed E-state index contributed by atoms with van der Waals surface area (Å²) >= 11 is 13.6. The molecular weight excluding hydrogens is 622 g/mol. The van der Waals surface area contributed by atoms with Gasteiger partial charge in [0.2, 0.25) is 2.97 Å². The zero-order valence-electron chi connectivity index (χ0n) is 13.2. The molecule has 0 aromatic heterocycles. The molecule has 0 fully saturated rings. The van der Waals surface area contributed by atoms with Crippen LogP contribution in [-0.4, -0.2) is 28.4 Å². The van der Waals surface area contributed by atoms with Crippen LogP contribution < -0.4 is 0 Å². The van der Waals surface area contributed by atoms with E-state index >= 15 is 0 Å². The minimum absolute atomic E-state index is 0.523. The van der Waals surface area contributed by atoms with Crippen molar-refractivity contribution in [2.24, 2.45) is 0 Å². The zero-order valence-corrected chi connectivity index (χ0v) is 21.3. The van der Waals surface area contributed by atoms with Crippen LogP contribution in [0.3, 0.4) is 0 Å². The van der Waals surface area contributed by atoms with Gasteiger partial charge in [-0.1, -0.05) is 81.9 Å². The van der Waals surface area contributed by atoms with E-state index in [9.17, 15) is 9.13 Å². The SMILES string of the molecule is COP(=O)(OC)C(Br)c1cccc(C(Br)(Br)P(=O)(OC)OC)c1Br. The molecule has 0 saturated carbocycles. The number of hydrogen-bond donors (Lipinski definition) is 0. The molecule has 0 saturated heterocycles. The highest BCUT2D eigenvalue weighted by atomic mass is 79.9. The Morgan fingerprint density at radius 2 is 1.50 bits per heavy atom. The fourth-order valence-electron chi connectivity index (χ4n) is 1.85. The van der Waals surface area contributed by atoms with Crippen molar-refractivity contribution in [1.82, 2.24) is 0 Å². The molecule has 0 N–H and O–H groups in total. The summed E-state index contributed by atoms with van der Waals surface area (Å²) in [6.07, 6.45) is 0. The molecule has 0 amide bonds. The van der Waals surface area contributed by atoms with Gasteiger partial charge in [0.25, 0.3) is 0 Å². The van der Waals surface area contributed by atoms with Crippen molar-refractivity contribution < 1.29 is 27.2 Å². The van der Waals surface area contributed by atoms with Crippen LogP contribution in [-0.2, 0) is 30.2 Å². The predicted molar refractivity (Wildman–Crippen MR) is 109 cm³/mol. The molecule has 0 aliphatic carbocycles.